The number of nitriles is 1. The molecule has 0 saturated carbocycles. The maximum atomic E-state index is 13.7. The van der Waals surface area contributed by atoms with Crippen molar-refractivity contribution < 1.29 is 9.50 Å². The van der Waals surface area contributed by atoms with Gasteiger partial charge in [-0.15, -0.1) is 0 Å². The van der Waals surface area contributed by atoms with E-state index in [9.17, 15) is 9.50 Å². The smallest absolute Gasteiger partial charge is 0.182 e. The van der Waals surface area contributed by atoms with Crippen molar-refractivity contribution in [3.05, 3.63) is 47.4 Å². The van der Waals surface area contributed by atoms with E-state index < -0.39 is 11.5 Å². The van der Waals surface area contributed by atoms with Crippen LogP contribution in [0.25, 0.3) is 0 Å². The fourth-order valence-corrected chi connectivity index (χ4v) is 1.61. The van der Waals surface area contributed by atoms with Crippen LogP contribution in [0.3, 0.4) is 0 Å². The normalized spacial score (nSPS) is 23.5. The number of benzene rings is 1. The molecule has 1 aliphatic rings. The molecule has 0 saturated heterocycles. The lowest BCUT2D eigenvalue weighted by atomic mass is 10.0. The molecule has 0 aromatic heterocycles. The van der Waals surface area contributed by atoms with Crippen molar-refractivity contribution in [2.24, 2.45) is 0 Å². The van der Waals surface area contributed by atoms with Crippen LogP contribution in [0.2, 0.25) is 0 Å². The maximum absolute atomic E-state index is 13.7. The van der Waals surface area contributed by atoms with Gasteiger partial charge in [-0.05, 0) is 18.2 Å². The lowest BCUT2D eigenvalue weighted by Gasteiger charge is -2.24. The van der Waals surface area contributed by atoms with Gasteiger partial charge in [0, 0.05) is 18.8 Å². The molecule has 5 heteroatoms. The molecular formula is C11H10FN3O. The Morgan fingerprint density at radius 2 is 2.31 bits per heavy atom. The minimum atomic E-state index is -1.55. The van der Waals surface area contributed by atoms with Gasteiger partial charge in [0.2, 0.25) is 0 Å². The highest BCUT2D eigenvalue weighted by molar-refractivity contribution is 5.37. The SMILES string of the molecule is CN1C=CC(O)(c2ccc(C#N)cc2F)N1. The number of aliphatic hydroxyl groups is 1. The summed E-state index contributed by atoms with van der Waals surface area (Å²) in [5.41, 5.74) is 1.44. The van der Waals surface area contributed by atoms with Gasteiger partial charge < -0.3 is 10.1 Å². The molecule has 2 rings (SSSR count). The van der Waals surface area contributed by atoms with E-state index in [1.54, 1.807) is 13.2 Å². The van der Waals surface area contributed by atoms with Gasteiger partial charge in [0.05, 0.1) is 11.6 Å². The second-order valence-corrected chi connectivity index (χ2v) is 3.61. The zero-order valence-corrected chi connectivity index (χ0v) is 8.61. The van der Waals surface area contributed by atoms with Gasteiger partial charge in [-0.25, -0.2) is 4.39 Å². The molecule has 0 amide bonds. The zero-order chi connectivity index (χ0) is 11.8. The lowest BCUT2D eigenvalue weighted by molar-refractivity contribution is 0.0141. The van der Waals surface area contributed by atoms with Gasteiger partial charge in [-0.3, -0.25) is 0 Å². The van der Waals surface area contributed by atoms with Crippen molar-refractivity contribution in [2.45, 2.75) is 5.72 Å². The summed E-state index contributed by atoms with van der Waals surface area (Å²) in [4.78, 5) is 0. The predicted octanol–water partition coefficient (Wildman–Crippen LogP) is 0.806. The number of nitrogens with zero attached hydrogens (tertiary/aromatic N) is 2. The Morgan fingerprint density at radius 3 is 2.81 bits per heavy atom. The number of halogens is 1. The van der Waals surface area contributed by atoms with Crippen LogP contribution in [0.15, 0.2) is 30.5 Å². The molecular weight excluding hydrogens is 209 g/mol. The number of rotatable bonds is 1. The van der Waals surface area contributed by atoms with Crippen LogP contribution < -0.4 is 5.43 Å². The Labute approximate surface area is 92.2 Å². The molecule has 0 radical (unpaired) electrons. The third kappa shape index (κ3) is 1.65. The average molecular weight is 219 g/mol. The van der Waals surface area contributed by atoms with Gasteiger partial charge in [0.25, 0.3) is 0 Å². The minimum absolute atomic E-state index is 0.0899. The zero-order valence-electron chi connectivity index (χ0n) is 8.61. The molecule has 16 heavy (non-hydrogen) atoms. The van der Waals surface area contributed by atoms with Gasteiger partial charge in [-0.1, -0.05) is 6.07 Å². The van der Waals surface area contributed by atoms with Crippen molar-refractivity contribution in [1.29, 1.82) is 5.26 Å². The van der Waals surface area contributed by atoms with Crippen LogP contribution in [0.5, 0.6) is 0 Å². The first kappa shape index (κ1) is 10.6. The molecule has 1 aromatic carbocycles. The molecule has 4 nitrogen and oxygen atoms in total. The highest BCUT2D eigenvalue weighted by atomic mass is 19.1. The van der Waals surface area contributed by atoms with Crippen LogP contribution >= 0.6 is 0 Å². The van der Waals surface area contributed by atoms with Crippen LogP contribution in [-0.4, -0.2) is 17.2 Å². The first-order valence-electron chi connectivity index (χ1n) is 4.68. The number of hydrogen-bond acceptors (Lipinski definition) is 4. The molecule has 1 aromatic rings. The molecule has 1 aliphatic heterocycles. The molecule has 0 aliphatic carbocycles. The van der Waals surface area contributed by atoms with Crippen LogP contribution in [-0.2, 0) is 5.72 Å². The van der Waals surface area contributed by atoms with E-state index in [1.807, 2.05) is 6.07 Å². The molecule has 1 unspecified atom stereocenters. The van der Waals surface area contributed by atoms with E-state index >= 15 is 0 Å². The summed E-state index contributed by atoms with van der Waals surface area (Å²) in [6, 6.07) is 5.79. The average Bonchev–Trinajstić information content (AvgIpc) is 2.59. The Morgan fingerprint density at radius 1 is 1.56 bits per heavy atom. The quantitative estimate of drug-likeness (QED) is 0.733. The van der Waals surface area contributed by atoms with Crippen molar-refractivity contribution in [3.8, 4) is 6.07 Å². The van der Waals surface area contributed by atoms with E-state index in [1.165, 1.54) is 23.2 Å². The molecule has 1 atom stereocenters. The molecule has 2 N–H and O–H groups in total. The number of hydrazine groups is 1. The number of hydrogen-bond donors (Lipinski definition) is 2. The standard InChI is InChI=1S/C11H10FN3O/c1-15-5-4-11(16,14-15)9-3-2-8(7-13)6-10(9)12/h2-6,14,16H,1H3. The second-order valence-electron chi connectivity index (χ2n) is 3.61. The summed E-state index contributed by atoms with van der Waals surface area (Å²) in [5, 5.41) is 20.2. The highest BCUT2D eigenvalue weighted by Gasteiger charge is 2.33. The Balaban J connectivity index is 2.43. The topological polar surface area (TPSA) is 59.3 Å². The summed E-state index contributed by atoms with van der Waals surface area (Å²) >= 11 is 0. The first-order valence-corrected chi connectivity index (χ1v) is 4.68. The summed E-state index contributed by atoms with van der Waals surface area (Å²) in [7, 11) is 1.69. The fraction of sp³-hybridized carbons (Fsp3) is 0.182. The van der Waals surface area contributed by atoms with Gasteiger partial charge >= 0.3 is 0 Å². The van der Waals surface area contributed by atoms with E-state index in [4.69, 9.17) is 5.26 Å². The van der Waals surface area contributed by atoms with Crippen LogP contribution in [0.1, 0.15) is 11.1 Å². The third-order valence-electron chi connectivity index (χ3n) is 2.39. The largest absolute Gasteiger partial charge is 0.367 e. The minimum Gasteiger partial charge on any atom is -0.367 e. The van der Waals surface area contributed by atoms with Crippen LogP contribution in [0, 0.1) is 17.1 Å². The van der Waals surface area contributed by atoms with Crippen molar-refractivity contribution in [3.63, 3.8) is 0 Å². The maximum Gasteiger partial charge on any atom is 0.182 e. The van der Waals surface area contributed by atoms with Crippen molar-refractivity contribution in [1.82, 2.24) is 10.4 Å². The van der Waals surface area contributed by atoms with Crippen molar-refractivity contribution >= 4 is 0 Å². The number of nitrogens with one attached hydrogen (secondary N) is 1. The van der Waals surface area contributed by atoms with E-state index in [2.05, 4.69) is 5.43 Å². The molecule has 1 heterocycles. The van der Waals surface area contributed by atoms with Gasteiger partial charge in [0.1, 0.15) is 5.82 Å². The Kier molecular flexibility index (Phi) is 2.38. The van der Waals surface area contributed by atoms with Gasteiger partial charge in [0.15, 0.2) is 5.72 Å². The summed E-state index contributed by atoms with van der Waals surface area (Å²) in [6.07, 6.45) is 3.04. The Hall–Kier alpha value is -1.90. The summed E-state index contributed by atoms with van der Waals surface area (Å²) in [6.45, 7) is 0. The molecule has 82 valence electrons. The lowest BCUT2D eigenvalue weighted by Crippen LogP contribution is -2.43. The Bertz CT molecular complexity index is 494. The van der Waals surface area contributed by atoms with Crippen LogP contribution in [0.4, 0.5) is 4.39 Å². The summed E-state index contributed by atoms with van der Waals surface area (Å²) < 4.78 is 13.7. The molecule has 0 bridgehead atoms. The van der Waals surface area contributed by atoms with E-state index in [0.29, 0.717) is 0 Å². The highest BCUT2D eigenvalue weighted by Crippen LogP contribution is 2.26. The van der Waals surface area contributed by atoms with E-state index in [0.717, 1.165) is 6.07 Å². The second kappa shape index (κ2) is 3.59. The van der Waals surface area contributed by atoms with E-state index in [-0.39, 0.29) is 11.1 Å². The fourth-order valence-electron chi connectivity index (χ4n) is 1.61. The predicted molar refractivity (Wildman–Crippen MR) is 55.1 cm³/mol. The molecule has 0 fully saturated rings. The third-order valence-corrected chi connectivity index (χ3v) is 2.39. The monoisotopic (exact) mass is 219 g/mol. The summed E-state index contributed by atoms with van der Waals surface area (Å²) in [5.74, 6) is -0.617. The van der Waals surface area contributed by atoms with Gasteiger partial charge in [-0.2, -0.15) is 10.7 Å². The first-order chi connectivity index (χ1) is 7.55. The van der Waals surface area contributed by atoms with Crippen molar-refractivity contribution in [2.75, 3.05) is 7.05 Å². The molecule has 0 spiro atoms.